The number of pyridine rings is 1. The van der Waals surface area contributed by atoms with Gasteiger partial charge in [-0.15, -0.1) is 0 Å². The minimum absolute atomic E-state index is 0. The third-order valence-corrected chi connectivity index (χ3v) is 8.66. The van der Waals surface area contributed by atoms with Crippen molar-refractivity contribution in [2.75, 3.05) is 44.2 Å². The molecule has 39 heavy (non-hydrogen) atoms. The molecule has 1 N–H and O–H groups in total. The van der Waals surface area contributed by atoms with E-state index in [9.17, 15) is 4.79 Å². The summed E-state index contributed by atoms with van der Waals surface area (Å²) in [5, 5.41) is 5.20. The molecule has 0 unspecified atom stereocenters. The second kappa shape index (κ2) is 13.1. The van der Waals surface area contributed by atoms with Crippen molar-refractivity contribution in [2.24, 2.45) is 0 Å². The molecule has 0 atom stereocenters. The predicted molar refractivity (Wildman–Crippen MR) is 163 cm³/mol. The monoisotopic (exact) mass is 607 g/mol. The SMILES string of the molecule is O=C(NCc1ccc(Cl)cc1Cl)c1cnc(N2CCN(C3CCN(Cc4ccc(Cl)cc4)CC3)CC2)c(Cl)c1.[HH]. The van der Waals surface area contributed by atoms with Gasteiger partial charge >= 0.3 is 0 Å². The number of halogens is 4. The Morgan fingerprint density at radius 1 is 0.872 bits per heavy atom. The first-order valence-corrected chi connectivity index (χ1v) is 14.7. The van der Waals surface area contributed by atoms with Crippen molar-refractivity contribution in [1.29, 1.82) is 0 Å². The Kier molecular flexibility index (Phi) is 9.54. The van der Waals surface area contributed by atoms with E-state index in [-0.39, 0.29) is 13.9 Å². The first kappa shape index (κ1) is 28.5. The standard InChI is InChI=1S/C29H31Cl4N5O.H2/c30-23-4-1-20(2-5-23)19-36-9-7-25(8-10-36)37-11-13-38(14-12-37)28-27(33)15-22(18-34-28)29(39)35-17-21-3-6-24(31)16-26(21)32;/h1-6,15-16,18,25H,7-14,17,19H2,(H,35,39);1H. The third kappa shape index (κ3) is 7.37. The number of piperazine rings is 1. The molecule has 5 rings (SSSR count). The number of rotatable bonds is 7. The maximum Gasteiger partial charge on any atom is 0.253 e. The van der Waals surface area contributed by atoms with Gasteiger partial charge in [0.05, 0.1) is 10.6 Å². The van der Waals surface area contributed by atoms with Gasteiger partial charge in [0.1, 0.15) is 5.82 Å². The smallest absolute Gasteiger partial charge is 0.253 e. The van der Waals surface area contributed by atoms with Crippen molar-refractivity contribution in [3.63, 3.8) is 0 Å². The van der Waals surface area contributed by atoms with Crippen LogP contribution < -0.4 is 10.2 Å². The van der Waals surface area contributed by atoms with Crippen molar-refractivity contribution in [3.05, 3.63) is 91.5 Å². The normalized spacial score (nSPS) is 17.4. The molecule has 0 saturated carbocycles. The van der Waals surface area contributed by atoms with Crippen LogP contribution in [-0.2, 0) is 13.1 Å². The van der Waals surface area contributed by atoms with Crippen molar-refractivity contribution in [2.45, 2.75) is 32.0 Å². The molecule has 208 valence electrons. The number of hydrogen-bond donors (Lipinski definition) is 1. The van der Waals surface area contributed by atoms with Crippen molar-refractivity contribution < 1.29 is 6.22 Å². The maximum absolute atomic E-state index is 12.7. The minimum atomic E-state index is -0.255. The van der Waals surface area contributed by atoms with E-state index < -0.39 is 0 Å². The second-order valence-corrected chi connectivity index (χ2v) is 11.8. The van der Waals surface area contributed by atoms with Crippen LogP contribution in [0.3, 0.4) is 0 Å². The van der Waals surface area contributed by atoms with Crippen LogP contribution >= 0.6 is 46.4 Å². The van der Waals surface area contributed by atoms with Crippen LogP contribution in [0.25, 0.3) is 0 Å². The Morgan fingerprint density at radius 2 is 1.56 bits per heavy atom. The predicted octanol–water partition coefficient (Wildman–Crippen LogP) is 6.66. The van der Waals surface area contributed by atoms with Crippen LogP contribution in [0, 0.1) is 0 Å². The number of piperidine rings is 1. The molecule has 2 fully saturated rings. The van der Waals surface area contributed by atoms with Crippen LogP contribution in [0.15, 0.2) is 54.7 Å². The van der Waals surface area contributed by atoms with E-state index in [0.717, 1.165) is 62.2 Å². The molecule has 0 radical (unpaired) electrons. The lowest BCUT2D eigenvalue weighted by molar-refractivity contribution is 0.0950. The van der Waals surface area contributed by atoms with Gasteiger partial charge in [-0.1, -0.05) is 64.6 Å². The van der Waals surface area contributed by atoms with E-state index in [0.29, 0.717) is 26.7 Å². The number of nitrogens with zero attached hydrogens (tertiary/aromatic N) is 4. The average molecular weight is 609 g/mol. The summed E-state index contributed by atoms with van der Waals surface area (Å²) in [5.41, 5.74) is 2.51. The van der Waals surface area contributed by atoms with Gasteiger partial charge in [0.25, 0.3) is 5.91 Å². The molecule has 0 aliphatic carbocycles. The fourth-order valence-electron chi connectivity index (χ4n) is 5.32. The zero-order chi connectivity index (χ0) is 27.4. The number of carbonyl (C=O) groups excluding carboxylic acids is 1. The Hall–Kier alpha value is -2.06. The van der Waals surface area contributed by atoms with Crippen LogP contribution in [0.2, 0.25) is 20.1 Å². The number of aromatic nitrogens is 1. The van der Waals surface area contributed by atoms with E-state index in [4.69, 9.17) is 46.4 Å². The van der Waals surface area contributed by atoms with Crippen LogP contribution in [0.4, 0.5) is 5.82 Å². The second-order valence-electron chi connectivity index (χ2n) is 10.1. The van der Waals surface area contributed by atoms with Gasteiger partial charge in [-0.2, -0.15) is 0 Å². The molecule has 2 aromatic carbocycles. The van der Waals surface area contributed by atoms with Crippen molar-refractivity contribution >= 4 is 58.1 Å². The zero-order valence-corrected chi connectivity index (χ0v) is 24.6. The molecule has 0 spiro atoms. The molecule has 1 aromatic heterocycles. The zero-order valence-electron chi connectivity index (χ0n) is 21.6. The minimum Gasteiger partial charge on any atom is -0.353 e. The summed E-state index contributed by atoms with van der Waals surface area (Å²) in [5.74, 6) is 0.473. The summed E-state index contributed by atoms with van der Waals surface area (Å²) < 4.78 is 0. The highest BCUT2D eigenvalue weighted by atomic mass is 35.5. The highest BCUT2D eigenvalue weighted by Gasteiger charge is 2.28. The molecule has 10 heteroatoms. The molecule has 3 aromatic rings. The van der Waals surface area contributed by atoms with Gasteiger partial charge in [-0.25, -0.2) is 4.98 Å². The lowest BCUT2D eigenvalue weighted by atomic mass is 10.0. The number of benzene rings is 2. The van der Waals surface area contributed by atoms with E-state index >= 15 is 0 Å². The van der Waals surface area contributed by atoms with Crippen LogP contribution in [0.5, 0.6) is 0 Å². The highest BCUT2D eigenvalue weighted by molar-refractivity contribution is 6.35. The summed E-state index contributed by atoms with van der Waals surface area (Å²) in [7, 11) is 0. The number of likely N-dealkylation sites (tertiary alicyclic amines) is 1. The Labute approximate surface area is 251 Å². The van der Waals surface area contributed by atoms with E-state index in [1.165, 1.54) is 18.4 Å². The van der Waals surface area contributed by atoms with Gasteiger partial charge < -0.3 is 10.2 Å². The molecule has 2 aliphatic heterocycles. The third-order valence-electron chi connectivity index (χ3n) is 7.55. The summed E-state index contributed by atoms with van der Waals surface area (Å²) in [6, 6.07) is 15.6. The summed E-state index contributed by atoms with van der Waals surface area (Å²) in [4.78, 5) is 24.6. The fourth-order valence-corrected chi connectivity index (χ4v) is 6.21. The molecule has 2 aliphatic rings. The van der Waals surface area contributed by atoms with Crippen LogP contribution in [0.1, 0.15) is 35.8 Å². The quantitative estimate of drug-likeness (QED) is 0.325. The summed E-state index contributed by atoms with van der Waals surface area (Å²) in [6.07, 6.45) is 3.94. The van der Waals surface area contributed by atoms with Crippen LogP contribution in [-0.4, -0.2) is 66.0 Å². The largest absolute Gasteiger partial charge is 0.353 e. The maximum atomic E-state index is 12.7. The lowest BCUT2D eigenvalue weighted by Crippen LogP contribution is -2.53. The summed E-state index contributed by atoms with van der Waals surface area (Å²) in [6.45, 7) is 7.15. The Balaban J connectivity index is 0.00000370. The molecule has 6 nitrogen and oxygen atoms in total. The van der Waals surface area contributed by atoms with E-state index in [2.05, 4.69) is 37.1 Å². The number of nitrogens with one attached hydrogen (secondary N) is 1. The van der Waals surface area contributed by atoms with Crippen molar-refractivity contribution in [1.82, 2.24) is 20.1 Å². The average Bonchev–Trinajstić information content (AvgIpc) is 2.94. The summed E-state index contributed by atoms with van der Waals surface area (Å²) >= 11 is 24.8. The van der Waals surface area contributed by atoms with E-state index in [1.807, 2.05) is 12.1 Å². The van der Waals surface area contributed by atoms with Gasteiger partial charge in [-0.3, -0.25) is 14.6 Å². The van der Waals surface area contributed by atoms with Gasteiger partial charge in [0.2, 0.25) is 0 Å². The number of amides is 1. The molecule has 2 saturated heterocycles. The number of carbonyl (C=O) groups is 1. The van der Waals surface area contributed by atoms with Crippen molar-refractivity contribution in [3.8, 4) is 0 Å². The number of hydrogen-bond acceptors (Lipinski definition) is 5. The van der Waals surface area contributed by atoms with Gasteiger partial charge in [0, 0.05) is 68.0 Å². The number of anilines is 1. The van der Waals surface area contributed by atoms with E-state index in [1.54, 1.807) is 30.5 Å². The molecule has 3 heterocycles. The van der Waals surface area contributed by atoms with Gasteiger partial charge in [-0.05, 0) is 67.4 Å². The fraction of sp³-hybridized carbons (Fsp3) is 0.379. The Bertz CT molecular complexity index is 1300. The molecular formula is C29H33Cl4N5O. The topological polar surface area (TPSA) is 51.7 Å². The first-order chi connectivity index (χ1) is 18.9. The molecular weight excluding hydrogens is 576 g/mol. The highest BCUT2D eigenvalue weighted by Crippen LogP contribution is 2.27. The molecule has 0 bridgehead atoms. The first-order valence-electron chi connectivity index (χ1n) is 13.2. The van der Waals surface area contributed by atoms with Gasteiger partial charge in [0.15, 0.2) is 0 Å². The molecule has 1 amide bonds. The lowest BCUT2D eigenvalue weighted by Gasteiger charge is -2.43. The Morgan fingerprint density at radius 3 is 2.23 bits per heavy atom.